The molecule has 23 heavy (non-hydrogen) atoms. The summed E-state index contributed by atoms with van der Waals surface area (Å²) in [5, 5.41) is 0. The number of Topliss-reactive ketones (excluding diaryl/α,β-unsaturated/α-hetero) is 3. The number of sulfone groups is 1. The Hall–Kier alpha value is -1.82. The lowest BCUT2D eigenvalue weighted by Crippen LogP contribution is -2.12. The molecule has 0 aliphatic rings. The van der Waals surface area contributed by atoms with Crippen LogP contribution in [0.1, 0.15) is 44.6 Å². The molecule has 0 fully saturated rings. The molecule has 0 atom stereocenters. The number of benzene rings is 1. The van der Waals surface area contributed by atoms with Crippen molar-refractivity contribution in [2.75, 3.05) is 5.75 Å². The number of hydrogen-bond donors (Lipinski definition) is 0. The highest BCUT2D eigenvalue weighted by Gasteiger charge is 2.17. The van der Waals surface area contributed by atoms with Crippen molar-refractivity contribution in [3.8, 4) is 0 Å². The van der Waals surface area contributed by atoms with E-state index in [0.717, 1.165) is 5.56 Å². The molecule has 0 unspecified atom stereocenters. The van der Waals surface area contributed by atoms with Crippen LogP contribution in [-0.2, 0) is 24.2 Å². The van der Waals surface area contributed by atoms with E-state index < -0.39 is 9.84 Å². The number of carbonyl (C=O) groups excluding carboxylic acids is 3. The Morgan fingerprint density at radius 2 is 1.30 bits per heavy atom. The van der Waals surface area contributed by atoms with Crippen LogP contribution in [0.2, 0.25) is 0 Å². The second kappa shape index (κ2) is 8.72. The van der Waals surface area contributed by atoms with Crippen molar-refractivity contribution in [2.45, 2.75) is 50.8 Å². The highest BCUT2D eigenvalue weighted by molar-refractivity contribution is 7.91. The summed E-state index contributed by atoms with van der Waals surface area (Å²) in [7, 11) is -3.48. The molecule has 5 nitrogen and oxygen atoms in total. The molecular weight excluding hydrogens is 316 g/mol. The zero-order valence-electron chi connectivity index (χ0n) is 13.5. The van der Waals surface area contributed by atoms with Gasteiger partial charge in [-0.1, -0.05) is 17.7 Å². The zero-order valence-corrected chi connectivity index (χ0v) is 14.3. The molecule has 1 aromatic carbocycles. The normalized spacial score (nSPS) is 11.2. The Morgan fingerprint density at radius 1 is 0.826 bits per heavy atom. The van der Waals surface area contributed by atoms with Gasteiger partial charge in [-0.3, -0.25) is 9.59 Å². The third kappa shape index (κ3) is 7.32. The Balaban J connectivity index is 2.42. The van der Waals surface area contributed by atoms with Gasteiger partial charge in [0.15, 0.2) is 9.84 Å². The van der Waals surface area contributed by atoms with Gasteiger partial charge in [-0.15, -0.1) is 0 Å². The molecule has 0 amide bonds. The predicted octanol–water partition coefficient (Wildman–Crippen LogP) is 2.45. The highest BCUT2D eigenvalue weighted by atomic mass is 32.2. The summed E-state index contributed by atoms with van der Waals surface area (Å²) in [4.78, 5) is 34.2. The summed E-state index contributed by atoms with van der Waals surface area (Å²) >= 11 is 0. The van der Waals surface area contributed by atoms with Gasteiger partial charge in [-0.05, 0) is 26.0 Å². The van der Waals surface area contributed by atoms with Gasteiger partial charge in [-0.25, -0.2) is 8.42 Å². The smallest absolute Gasteiger partial charge is 0.178 e. The third-order valence-electron chi connectivity index (χ3n) is 3.47. The van der Waals surface area contributed by atoms with Crippen LogP contribution in [0.15, 0.2) is 29.2 Å². The SMILES string of the molecule is CC(=O)CCC(=O)CCC(=O)CCS(=O)(=O)c1ccc(C)cc1. The van der Waals surface area contributed by atoms with Crippen LogP contribution in [0.4, 0.5) is 0 Å². The van der Waals surface area contributed by atoms with E-state index in [1.54, 1.807) is 12.1 Å². The summed E-state index contributed by atoms with van der Waals surface area (Å²) in [5.74, 6) is -0.711. The monoisotopic (exact) mass is 338 g/mol. The maximum atomic E-state index is 12.1. The van der Waals surface area contributed by atoms with Crippen molar-refractivity contribution in [1.29, 1.82) is 0 Å². The molecule has 0 radical (unpaired) electrons. The van der Waals surface area contributed by atoms with Crippen molar-refractivity contribution in [1.82, 2.24) is 0 Å². The van der Waals surface area contributed by atoms with Crippen molar-refractivity contribution in [3.63, 3.8) is 0 Å². The Kier molecular flexibility index (Phi) is 7.29. The largest absolute Gasteiger partial charge is 0.300 e. The van der Waals surface area contributed by atoms with Gasteiger partial charge in [0.1, 0.15) is 17.3 Å². The van der Waals surface area contributed by atoms with Gasteiger partial charge >= 0.3 is 0 Å². The molecule has 0 saturated carbocycles. The molecule has 0 aromatic heterocycles. The molecular formula is C17H22O5S. The topological polar surface area (TPSA) is 85.3 Å². The summed E-state index contributed by atoms with van der Waals surface area (Å²) in [6, 6.07) is 6.48. The minimum absolute atomic E-state index is 0.0279. The van der Waals surface area contributed by atoms with Crippen molar-refractivity contribution >= 4 is 27.2 Å². The van der Waals surface area contributed by atoms with Gasteiger partial charge in [-0.2, -0.15) is 0 Å². The zero-order chi connectivity index (χ0) is 17.5. The van der Waals surface area contributed by atoms with Crippen molar-refractivity contribution < 1.29 is 22.8 Å². The van der Waals surface area contributed by atoms with E-state index in [4.69, 9.17) is 0 Å². The molecule has 0 saturated heterocycles. The molecule has 0 spiro atoms. The molecule has 0 bridgehead atoms. The molecule has 126 valence electrons. The second-order valence-corrected chi connectivity index (χ2v) is 7.77. The first kappa shape index (κ1) is 19.2. The first-order valence-electron chi connectivity index (χ1n) is 7.53. The maximum absolute atomic E-state index is 12.1. The van der Waals surface area contributed by atoms with E-state index in [9.17, 15) is 22.8 Å². The van der Waals surface area contributed by atoms with Crippen LogP contribution in [0.5, 0.6) is 0 Å². The van der Waals surface area contributed by atoms with Crippen LogP contribution in [0.3, 0.4) is 0 Å². The van der Waals surface area contributed by atoms with Crippen LogP contribution in [-0.4, -0.2) is 31.5 Å². The van der Waals surface area contributed by atoms with E-state index in [1.807, 2.05) is 6.92 Å². The number of rotatable bonds is 10. The van der Waals surface area contributed by atoms with Crippen LogP contribution in [0.25, 0.3) is 0 Å². The molecule has 6 heteroatoms. The quantitative estimate of drug-likeness (QED) is 0.654. The fraction of sp³-hybridized carbons (Fsp3) is 0.471. The fourth-order valence-electron chi connectivity index (χ4n) is 1.96. The van der Waals surface area contributed by atoms with Crippen LogP contribution < -0.4 is 0 Å². The van der Waals surface area contributed by atoms with Crippen molar-refractivity contribution in [3.05, 3.63) is 29.8 Å². The van der Waals surface area contributed by atoms with Gasteiger partial charge in [0.2, 0.25) is 0 Å². The lowest BCUT2D eigenvalue weighted by molar-refractivity contribution is -0.125. The van der Waals surface area contributed by atoms with E-state index in [0.29, 0.717) is 0 Å². The third-order valence-corrected chi connectivity index (χ3v) is 5.20. The second-order valence-electron chi connectivity index (χ2n) is 5.66. The van der Waals surface area contributed by atoms with Gasteiger partial charge in [0, 0.05) is 32.1 Å². The average Bonchev–Trinajstić information content (AvgIpc) is 2.49. The van der Waals surface area contributed by atoms with Crippen LogP contribution in [0, 0.1) is 6.92 Å². The Morgan fingerprint density at radius 3 is 1.83 bits per heavy atom. The summed E-state index contributed by atoms with van der Waals surface area (Å²) < 4.78 is 24.2. The van der Waals surface area contributed by atoms with Crippen molar-refractivity contribution in [2.24, 2.45) is 0 Å². The average molecular weight is 338 g/mol. The number of aryl methyl sites for hydroxylation is 1. The summed E-state index contributed by atoms with van der Waals surface area (Å²) in [5.41, 5.74) is 0.962. The number of hydrogen-bond acceptors (Lipinski definition) is 5. The molecule has 0 aliphatic carbocycles. The van der Waals surface area contributed by atoms with Crippen LogP contribution >= 0.6 is 0 Å². The first-order chi connectivity index (χ1) is 10.7. The maximum Gasteiger partial charge on any atom is 0.178 e. The molecule has 1 rings (SSSR count). The fourth-order valence-corrected chi connectivity index (χ4v) is 3.24. The minimum atomic E-state index is -3.48. The van der Waals surface area contributed by atoms with Gasteiger partial charge < -0.3 is 4.79 Å². The van der Waals surface area contributed by atoms with Gasteiger partial charge in [0.25, 0.3) is 0 Å². The number of ketones is 3. The molecule has 0 N–H and O–H groups in total. The van der Waals surface area contributed by atoms with Gasteiger partial charge in [0.05, 0.1) is 10.6 Å². The summed E-state index contributed by atoms with van der Waals surface area (Å²) in [6.07, 6.45) is 0.326. The predicted molar refractivity (Wildman–Crippen MR) is 87.0 cm³/mol. The molecule has 0 aliphatic heterocycles. The lowest BCUT2D eigenvalue weighted by atomic mass is 10.1. The highest BCUT2D eigenvalue weighted by Crippen LogP contribution is 2.14. The van der Waals surface area contributed by atoms with E-state index in [1.165, 1.54) is 19.1 Å². The standard InChI is InChI=1S/C17H22O5S/c1-13-3-9-17(10-4-13)23(21,22)12-11-16(20)8-7-15(19)6-5-14(2)18/h3-4,9-10H,5-8,11-12H2,1-2H3. The Labute approximate surface area is 137 Å². The minimum Gasteiger partial charge on any atom is -0.300 e. The molecule has 1 aromatic rings. The van der Waals surface area contributed by atoms with E-state index in [2.05, 4.69) is 0 Å². The number of carbonyl (C=O) groups is 3. The lowest BCUT2D eigenvalue weighted by Gasteiger charge is -2.05. The first-order valence-corrected chi connectivity index (χ1v) is 9.18. The molecule has 0 heterocycles. The Bertz CT molecular complexity index is 671. The van der Waals surface area contributed by atoms with E-state index in [-0.39, 0.29) is 60.1 Å². The summed E-state index contributed by atoms with van der Waals surface area (Å²) in [6.45, 7) is 3.28. The van der Waals surface area contributed by atoms with E-state index >= 15 is 0 Å².